The SMILES string of the molecule is CCOC(CCC(CCCC(=O)NCCCCc1ccc(CCC(N)=O)cc1CC(=O)NCc1ccc2nc[nH]c2c1)CC(=O)NC(C)C)CCC1CC(CCc2ccccc2)C(CCCC(=O)O)CC1C(N)=O. The summed E-state index contributed by atoms with van der Waals surface area (Å²) in [6.07, 6.45) is 15.0. The molecule has 5 amide bonds. The highest BCUT2D eigenvalue weighted by Crippen LogP contribution is 2.44. The Labute approximate surface area is 438 Å². The molecule has 5 rings (SSSR count). The summed E-state index contributed by atoms with van der Waals surface area (Å²) in [5.74, 6) is -1.05. The Morgan fingerprint density at radius 3 is 2.24 bits per heavy atom. The van der Waals surface area contributed by atoms with Crippen LogP contribution in [0.25, 0.3) is 11.0 Å². The molecule has 1 aromatic heterocycles. The standard InChI is InChI=1S/C59H85N7O8/c1-4-74-50(28-26-48-35-47(25-19-41-12-6-5-7-13-41)46(16-11-18-58(71)72)36-51(48)59(61)73)27-21-42(34-57(70)66-40(2)3)14-10-17-55(68)62-31-9-8-15-45-24-20-43(23-30-54(60)67)32-49(45)37-56(69)63-38-44-22-29-52-53(33-44)65-39-64-52/h5-7,12-13,20,22,24,29,32-33,39-40,42,46-48,50-51H,4,8-11,14-19,21,23,25-28,30-31,34-38H2,1-3H3,(H2,60,67)(H2,61,73)(H,62,68)(H,63,69)(H,64,65)(H,66,70)(H,71,72). The first-order chi connectivity index (χ1) is 35.6. The second-order valence-corrected chi connectivity index (χ2v) is 21.1. The van der Waals surface area contributed by atoms with Crippen LogP contribution in [0.15, 0.2) is 73.1 Å². The van der Waals surface area contributed by atoms with Gasteiger partial charge in [0.05, 0.1) is 29.9 Å². The third kappa shape index (κ3) is 21.4. The van der Waals surface area contributed by atoms with Crippen LogP contribution in [0.5, 0.6) is 0 Å². The van der Waals surface area contributed by atoms with Crippen molar-refractivity contribution in [3.8, 4) is 0 Å². The average molecular weight is 1020 g/mol. The quantitative estimate of drug-likeness (QED) is 0.0218. The number of carboxylic acid groups (broad SMARTS) is 1. The fourth-order valence-corrected chi connectivity index (χ4v) is 11.1. The summed E-state index contributed by atoms with van der Waals surface area (Å²) < 4.78 is 6.32. The Balaban J connectivity index is 1.09. The van der Waals surface area contributed by atoms with Gasteiger partial charge >= 0.3 is 5.97 Å². The summed E-state index contributed by atoms with van der Waals surface area (Å²) in [4.78, 5) is 82.7. The molecule has 15 heteroatoms. The van der Waals surface area contributed by atoms with Crippen molar-refractivity contribution in [2.24, 2.45) is 41.1 Å². The Bertz CT molecular complexity index is 2390. The molecular weight excluding hydrogens is 935 g/mol. The smallest absolute Gasteiger partial charge is 0.303 e. The van der Waals surface area contributed by atoms with Crippen molar-refractivity contribution < 1.29 is 38.6 Å². The van der Waals surface area contributed by atoms with Gasteiger partial charge in [0.1, 0.15) is 0 Å². The van der Waals surface area contributed by atoms with Crippen LogP contribution in [-0.2, 0) is 65.7 Å². The number of nitrogens with zero attached hydrogens (tertiary/aromatic N) is 1. The molecule has 0 radical (unpaired) electrons. The lowest BCUT2D eigenvalue weighted by molar-refractivity contribution is -0.137. The molecule has 6 unspecified atom stereocenters. The molecule has 0 aliphatic heterocycles. The van der Waals surface area contributed by atoms with Crippen molar-refractivity contribution in [3.05, 3.63) is 101 Å². The third-order valence-corrected chi connectivity index (χ3v) is 14.9. The zero-order valence-corrected chi connectivity index (χ0v) is 44.3. The van der Waals surface area contributed by atoms with Crippen LogP contribution in [0.1, 0.15) is 158 Å². The number of primary amides is 2. The molecule has 1 aliphatic carbocycles. The number of nitrogens with two attached hydrogens (primary N) is 2. The number of benzene rings is 3. The van der Waals surface area contributed by atoms with Crippen molar-refractivity contribution in [1.82, 2.24) is 25.9 Å². The van der Waals surface area contributed by atoms with E-state index in [4.69, 9.17) is 16.2 Å². The van der Waals surface area contributed by atoms with E-state index in [1.807, 2.05) is 63.2 Å². The van der Waals surface area contributed by atoms with E-state index in [1.54, 1.807) is 6.33 Å². The van der Waals surface area contributed by atoms with E-state index < -0.39 is 5.97 Å². The van der Waals surface area contributed by atoms with E-state index in [0.717, 1.165) is 110 Å². The van der Waals surface area contributed by atoms with Crippen molar-refractivity contribution >= 4 is 46.5 Å². The summed E-state index contributed by atoms with van der Waals surface area (Å²) in [6.45, 7) is 7.35. The molecule has 404 valence electrons. The maximum Gasteiger partial charge on any atom is 0.303 e. The van der Waals surface area contributed by atoms with Crippen LogP contribution in [-0.4, -0.2) is 75.9 Å². The average Bonchev–Trinajstić information content (AvgIpc) is 3.84. The molecule has 9 N–H and O–H groups in total. The number of aryl methyl sites for hydroxylation is 3. The van der Waals surface area contributed by atoms with Gasteiger partial charge in [-0.15, -0.1) is 0 Å². The highest BCUT2D eigenvalue weighted by Gasteiger charge is 2.39. The first-order valence-electron chi connectivity index (χ1n) is 27.5. The summed E-state index contributed by atoms with van der Waals surface area (Å²) in [6, 6.07) is 22.3. The first-order valence-corrected chi connectivity index (χ1v) is 27.5. The monoisotopic (exact) mass is 1020 g/mol. The van der Waals surface area contributed by atoms with Gasteiger partial charge in [-0.1, -0.05) is 54.6 Å². The second kappa shape index (κ2) is 31.6. The molecule has 1 saturated carbocycles. The van der Waals surface area contributed by atoms with Crippen molar-refractivity contribution in [1.29, 1.82) is 0 Å². The van der Waals surface area contributed by atoms with Crippen LogP contribution in [0.4, 0.5) is 0 Å². The van der Waals surface area contributed by atoms with Gasteiger partial charge in [-0.2, -0.15) is 0 Å². The zero-order valence-electron chi connectivity index (χ0n) is 44.3. The summed E-state index contributed by atoms with van der Waals surface area (Å²) in [5, 5.41) is 18.5. The molecule has 0 spiro atoms. The predicted octanol–water partition coefficient (Wildman–Crippen LogP) is 8.58. The molecule has 3 aromatic carbocycles. The molecular formula is C59H85N7O8. The highest BCUT2D eigenvalue weighted by atomic mass is 16.5. The maximum atomic E-state index is 13.2. The van der Waals surface area contributed by atoms with Gasteiger partial charge in [0.15, 0.2) is 0 Å². The third-order valence-electron chi connectivity index (χ3n) is 14.9. The number of unbranched alkanes of at least 4 members (excludes halogenated alkanes) is 1. The van der Waals surface area contributed by atoms with E-state index in [1.165, 1.54) is 5.56 Å². The number of carbonyl (C=O) groups is 6. The number of aliphatic carboxylic acids is 1. The van der Waals surface area contributed by atoms with Crippen molar-refractivity contribution in [3.63, 3.8) is 0 Å². The predicted molar refractivity (Wildman–Crippen MR) is 289 cm³/mol. The molecule has 1 fully saturated rings. The second-order valence-electron chi connectivity index (χ2n) is 21.1. The number of amides is 5. The summed E-state index contributed by atoms with van der Waals surface area (Å²) >= 11 is 0. The van der Waals surface area contributed by atoms with Gasteiger partial charge in [0, 0.05) is 57.3 Å². The van der Waals surface area contributed by atoms with E-state index in [0.29, 0.717) is 64.1 Å². The van der Waals surface area contributed by atoms with Gasteiger partial charge in [-0.05, 0) is 187 Å². The van der Waals surface area contributed by atoms with Gasteiger partial charge in [0.2, 0.25) is 29.5 Å². The number of hydrogen-bond donors (Lipinski definition) is 7. The topological polar surface area (TPSA) is 249 Å². The van der Waals surface area contributed by atoms with E-state index in [-0.39, 0.29) is 84.6 Å². The number of rotatable bonds is 35. The van der Waals surface area contributed by atoms with Gasteiger partial charge < -0.3 is 42.2 Å². The number of H-pyrrole nitrogens is 1. The number of hydrogen-bond acceptors (Lipinski definition) is 8. The number of ether oxygens (including phenoxy) is 1. The van der Waals surface area contributed by atoms with Crippen LogP contribution in [0.2, 0.25) is 0 Å². The fourth-order valence-electron chi connectivity index (χ4n) is 11.1. The Morgan fingerprint density at radius 2 is 1.50 bits per heavy atom. The van der Waals surface area contributed by atoms with Gasteiger partial charge in [0.25, 0.3) is 0 Å². The van der Waals surface area contributed by atoms with Gasteiger partial charge in [-0.25, -0.2) is 4.98 Å². The Morgan fingerprint density at radius 1 is 0.716 bits per heavy atom. The molecule has 6 atom stereocenters. The zero-order chi connectivity index (χ0) is 53.2. The van der Waals surface area contributed by atoms with Crippen LogP contribution >= 0.6 is 0 Å². The summed E-state index contributed by atoms with van der Waals surface area (Å²) in [7, 11) is 0. The number of imidazole rings is 1. The van der Waals surface area contributed by atoms with Crippen molar-refractivity contribution in [2.45, 2.75) is 174 Å². The Hall–Kier alpha value is -6.09. The van der Waals surface area contributed by atoms with E-state index >= 15 is 0 Å². The van der Waals surface area contributed by atoms with Crippen LogP contribution in [0, 0.1) is 29.6 Å². The lowest BCUT2D eigenvalue weighted by atomic mass is 9.64. The van der Waals surface area contributed by atoms with Crippen LogP contribution < -0.4 is 27.4 Å². The molecule has 1 aliphatic rings. The molecule has 1 heterocycles. The summed E-state index contributed by atoms with van der Waals surface area (Å²) in [5.41, 5.74) is 18.4. The Kier molecular flexibility index (Phi) is 25.1. The van der Waals surface area contributed by atoms with E-state index in [9.17, 15) is 33.9 Å². The number of carbonyl (C=O) groups excluding carboxylic acids is 5. The van der Waals surface area contributed by atoms with E-state index in [2.05, 4.69) is 50.2 Å². The largest absolute Gasteiger partial charge is 0.481 e. The molecule has 74 heavy (non-hydrogen) atoms. The molecule has 4 aromatic rings. The molecule has 0 saturated heterocycles. The fraction of sp³-hybridized carbons (Fsp3) is 0.576. The highest BCUT2D eigenvalue weighted by molar-refractivity contribution is 5.80. The first kappa shape index (κ1) is 58.8. The minimum atomic E-state index is -0.798. The number of carboxylic acids is 1. The molecule has 15 nitrogen and oxygen atoms in total. The number of fused-ring (bicyclic) bond motifs is 1. The number of nitrogens with one attached hydrogen (secondary N) is 4. The lowest BCUT2D eigenvalue weighted by Crippen LogP contribution is -2.40. The van der Waals surface area contributed by atoms with Crippen LogP contribution in [0.3, 0.4) is 0 Å². The van der Waals surface area contributed by atoms with Gasteiger partial charge in [-0.3, -0.25) is 28.8 Å². The maximum absolute atomic E-state index is 13.2. The number of aromatic amines is 1. The number of aromatic nitrogens is 2. The minimum Gasteiger partial charge on any atom is -0.481 e. The lowest BCUT2D eigenvalue weighted by Gasteiger charge is -2.41. The molecule has 0 bridgehead atoms. The minimum absolute atomic E-state index is 0.000870. The normalized spacial score (nSPS) is 17.4. The van der Waals surface area contributed by atoms with Crippen molar-refractivity contribution in [2.75, 3.05) is 13.2 Å².